The smallest absolute Gasteiger partial charge is 0.181 e. The maximum atomic E-state index is 11.6. The fraction of sp³-hybridized carbons (Fsp3) is 0.0714. The second-order valence-corrected chi connectivity index (χ2v) is 3.15. The summed E-state index contributed by atoms with van der Waals surface area (Å²) in [5, 5.41) is 2.93. The van der Waals surface area contributed by atoms with E-state index in [0.29, 0.717) is 6.54 Å². The Balaban J connectivity index is 2.34. The second kappa shape index (κ2) is 7.23. The molecule has 0 aliphatic heterocycles. The number of carbonyl (C=O) groups excluding carboxylic acids is 1. The molecule has 0 unspecified atom stereocenters. The number of benzene rings is 1. The van der Waals surface area contributed by atoms with Crippen LogP contribution in [-0.2, 0) is 0 Å². The van der Waals surface area contributed by atoms with Gasteiger partial charge in [0.1, 0.15) is 0 Å². The Morgan fingerprint density at radius 1 is 1.19 bits per heavy atom. The van der Waals surface area contributed by atoms with Crippen LogP contribution in [0.5, 0.6) is 0 Å². The first-order valence-corrected chi connectivity index (χ1v) is 5.10. The summed E-state index contributed by atoms with van der Waals surface area (Å²) >= 11 is 0. The average Bonchev–Trinajstić information content (AvgIpc) is 2.34. The van der Waals surface area contributed by atoms with Gasteiger partial charge in [0.15, 0.2) is 5.78 Å². The predicted molar refractivity (Wildman–Crippen MR) is 67.3 cm³/mol. The first-order chi connectivity index (χ1) is 7.84. The molecule has 1 N–H and O–H groups in total. The first kappa shape index (κ1) is 12.0. The van der Waals surface area contributed by atoms with E-state index in [2.05, 4.69) is 11.9 Å². The maximum absolute atomic E-state index is 11.6. The van der Waals surface area contributed by atoms with Crippen molar-refractivity contribution in [2.75, 3.05) is 6.54 Å². The van der Waals surface area contributed by atoms with Crippen LogP contribution in [0.4, 0.5) is 0 Å². The normalized spacial score (nSPS) is 10.8. The standard InChI is InChI=1S/C14H15NO/c1-2-3-4-8-11-15-12-14(16)13-9-6-5-7-10-13/h2-11,15H,1,12H2/b4-3-,11-8-. The van der Waals surface area contributed by atoms with Crippen molar-refractivity contribution in [1.82, 2.24) is 5.32 Å². The summed E-state index contributed by atoms with van der Waals surface area (Å²) in [6.45, 7) is 3.86. The molecule has 0 heterocycles. The highest BCUT2D eigenvalue weighted by molar-refractivity contribution is 5.97. The van der Waals surface area contributed by atoms with Crippen LogP contribution in [0.2, 0.25) is 0 Å². The van der Waals surface area contributed by atoms with E-state index >= 15 is 0 Å². The van der Waals surface area contributed by atoms with E-state index in [1.165, 1.54) is 0 Å². The molecule has 82 valence electrons. The third-order valence-corrected chi connectivity index (χ3v) is 1.93. The zero-order chi connectivity index (χ0) is 11.6. The van der Waals surface area contributed by atoms with E-state index in [9.17, 15) is 4.79 Å². The monoisotopic (exact) mass is 213 g/mol. The minimum Gasteiger partial charge on any atom is -0.383 e. The Kier molecular flexibility index (Phi) is 5.42. The lowest BCUT2D eigenvalue weighted by Crippen LogP contribution is -2.17. The summed E-state index contributed by atoms with van der Waals surface area (Å²) < 4.78 is 0. The van der Waals surface area contributed by atoms with Crippen LogP contribution in [0, 0.1) is 0 Å². The molecule has 1 aromatic carbocycles. The maximum Gasteiger partial charge on any atom is 0.181 e. The second-order valence-electron chi connectivity index (χ2n) is 3.15. The van der Waals surface area contributed by atoms with Gasteiger partial charge in [0.2, 0.25) is 0 Å². The summed E-state index contributed by atoms with van der Waals surface area (Å²) in [7, 11) is 0. The molecule has 1 rings (SSSR count). The van der Waals surface area contributed by atoms with Crippen LogP contribution in [0.25, 0.3) is 0 Å². The van der Waals surface area contributed by atoms with E-state index in [4.69, 9.17) is 0 Å². The molecule has 0 saturated heterocycles. The Morgan fingerprint density at radius 2 is 1.94 bits per heavy atom. The van der Waals surface area contributed by atoms with Crippen LogP contribution < -0.4 is 5.32 Å². The van der Waals surface area contributed by atoms with Gasteiger partial charge in [-0.05, 0) is 12.3 Å². The van der Waals surface area contributed by atoms with Gasteiger partial charge in [-0.25, -0.2) is 0 Å². The van der Waals surface area contributed by atoms with E-state index < -0.39 is 0 Å². The summed E-state index contributed by atoms with van der Waals surface area (Å²) in [5.41, 5.74) is 0.727. The van der Waals surface area contributed by atoms with Gasteiger partial charge in [-0.15, -0.1) is 0 Å². The fourth-order valence-electron chi connectivity index (χ4n) is 1.14. The van der Waals surface area contributed by atoms with Gasteiger partial charge in [0, 0.05) is 5.56 Å². The highest BCUT2D eigenvalue weighted by atomic mass is 16.1. The highest BCUT2D eigenvalue weighted by Gasteiger charge is 2.01. The first-order valence-electron chi connectivity index (χ1n) is 5.10. The van der Waals surface area contributed by atoms with Crippen molar-refractivity contribution in [3.8, 4) is 0 Å². The Hall–Kier alpha value is -2.09. The topological polar surface area (TPSA) is 29.1 Å². The zero-order valence-corrected chi connectivity index (χ0v) is 9.10. The minimum atomic E-state index is 0.0814. The molecule has 0 spiro atoms. The van der Waals surface area contributed by atoms with Gasteiger partial charge < -0.3 is 5.32 Å². The lowest BCUT2D eigenvalue weighted by atomic mass is 10.1. The summed E-state index contributed by atoms with van der Waals surface area (Å²) in [6.07, 6.45) is 8.91. The molecule has 0 bridgehead atoms. The molecule has 2 nitrogen and oxygen atoms in total. The molecular weight excluding hydrogens is 198 g/mol. The van der Waals surface area contributed by atoms with E-state index in [1.54, 1.807) is 12.3 Å². The molecular formula is C14H15NO. The highest BCUT2D eigenvalue weighted by Crippen LogP contribution is 1.98. The quantitative estimate of drug-likeness (QED) is 0.581. The van der Waals surface area contributed by atoms with Gasteiger partial charge in [-0.3, -0.25) is 4.79 Å². The molecule has 2 heteroatoms. The Bertz CT molecular complexity index is 390. The average molecular weight is 213 g/mol. The molecule has 0 aromatic heterocycles. The van der Waals surface area contributed by atoms with Gasteiger partial charge in [0.25, 0.3) is 0 Å². The lowest BCUT2D eigenvalue weighted by molar-refractivity contribution is 0.0995. The third kappa shape index (κ3) is 4.42. The predicted octanol–water partition coefficient (Wildman–Crippen LogP) is 2.71. The van der Waals surface area contributed by atoms with E-state index in [0.717, 1.165) is 5.56 Å². The third-order valence-electron chi connectivity index (χ3n) is 1.93. The van der Waals surface area contributed by atoms with Crippen LogP contribution in [0.1, 0.15) is 10.4 Å². The van der Waals surface area contributed by atoms with Crippen LogP contribution in [-0.4, -0.2) is 12.3 Å². The van der Waals surface area contributed by atoms with Crippen molar-refractivity contribution in [2.45, 2.75) is 0 Å². The number of nitrogens with one attached hydrogen (secondary N) is 1. The molecule has 0 atom stereocenters. The molecule has 0 aliphatic carbocycles. The Labute approximate surface area is 96.0 Å². The number of hydrogen-bond acceptors (Lipinski definition) is 2. The van der Waals surface area contributed by atoms with E-state index in [-0.39, 0.29) is 5.78 Å². The number of rotatable bonds is 6. The molecule has 0 fully saturated rings. The number of Topliss-reactive ketones (excluding diaryl/α,β-unsaturated/α-hetero) is 1. The van der Waals surface area contributed by atoms with Gasteiger partial charge >= 0.3 is 0 Å². The number of hydrogen-bond donors (Lipinski definition) is 1. The van der Waals surface area contributed by atoms with Crippen LogP contribution >= 0.6 is 0 Å². The fourth-order valence-corrected chi connectivity index (χ4v) is 1.14. The van der Waals surface area contributed by atoms with Crippen molar-refractivity contribution in [3.63, 3.8) is 0 Å². The van der Waals surface area contributed by atoms with Crippen molar-refractivity contribution in [2.24, 2.45) is 0 Å². The van der Waals surface area contributed by atoms with Crippen LogP contribution in [0.15, 0.2) is 67.4 Å². The van der Waals surface area contributed by atoms with Crippen LogP contribution in [0.3, 0.4) is 0 Å². The SMILES string of the molecule is C=C/C=C\C=C/NCC(=O)c1ccccc1. The Morgan fingerprint density at radius 3 is 2.62 bits per heavy atom. The summed E-state index contributed by atoms with van der Waals surface area (Å²) in [5.74, 6) is 0.0814. The van der Waals surface area contributed by atoms with Crippen molar-refractivity contribution >= 4 is 5.78 Å². The lowest BCUT2D eigenvalue weighted by Gasteiger charge is -1.99. The molecule has 0 amide bonds. The summed E-state index contributed by atoms with van der Waals surface area (Å²) in [4.78, 5) is 11.6. The number of allylic oxidation sites excluding steroid dienone is 4. The summed E-state index contributed by atoms with van der Waals surface area (Å²) in [6, 6.07) is 9.23. The van der Waals surface area contributed by atoms with E-state index in [1.807, 2.05) is 48.6 Å². The largest absolute Gasteiger partial charge is 0.383 e. The van der Waals surface area contributed by atoms with Gasteiger partial charge in [0.05, 0.1) is 6.54 Å². The number of ketones is 1. The number of carbonyl (C=O) groups is 1. The molecule has 16 heavy (non-hydrogen) atoms. The molecule has 0 radical (unpaired) electrons. The zero-order valence-electron chi connectivity index (χ0n) is 9.10. The molecule has 0 aliphatic rings. The van der Waals surface area contributed by atoms with Gasteiger partial charge in [-0.1, -0.05) is 55.1 Å². The van der Waals surface area contributed by atoms with Crippen molar-refractivity contribution in [1.29, 1.82) is 0 Å². The van der Waals surface area contributed by atoms with Crippen molar-refractivity contribution in [3.05, 3.63) is 73.0 Å². The molecule has 0 saturated carbocycles. The van der Waals surface area contributed by atoms with Crippen molar-refractivity contribution < 1.29 is 4.79 Å². The molecule has 1 aromatic rings. The van der Waals surface area contributed by atoms with Gasteiger partial charge in [-0.2, -0.15) is 0 Å². The minimum absolute atomic E-state index is 0.0814.